The Labute approximate surface area is 131 Å². The molecule has 9 heteroatoms. The highest BCUT2D eigenvalue weighted by molar-refractivity contribution is 5.84. The molecule has 1 unspecified atom stereocenters. The molecule has 1 fully saturated rings. The number of aryl methyl sites for hydroxylation is 1. The number of hydrogen-bond acceptors (Lipinski definition) is 4. The molecular formula is C14H19F3N4O2. The van der Waals surface area contributed by atoms with Crippen LogP contribution < -0.4 is 5.32 Å². The van der Waals surface area contributed by atoms with E-state index in [-0.39, 0.29) is 19.4 Å². The van der Waals surface area contributed by atoms with Crippen LogP contribution in [0.4, 0.5) is 13.2 Å². The minimum absolute atomic E-state index is 0.142. The van der Waals surface area contributed by atoms with Crippen molar-refractivity contribution in [2.75, 3.05) is 7.11 Å². The number of fused-ring (bicyclic) bond motifs is 1. The van der Waals surface area contributed by atoms with Crippen LogP contribution in [0.3, 0.4) is 0 Å². The summed E-state index contributed by atoms with van der Waals surface area (Å²) in [6.07, 6.45) is -3.09. The summed E-state index contributed by atoms with van der Waals surface area (Å²) >= 11 is 0. The van der Waals surface area contributed by atoms with E-state index in [4.69, 9.17) is 4.74 Å². The molecule has 1 aromatic rings. The first-order valence-electron chi connectivity index (χ1n) is 7.67. The molecule has 0 bridgehead atoms. The maximum atomic E-state index is 13.3. The number of carbonyl (C=O) groups excluding carboxylic acids is 1. The average Bonchev–Trinajstić information content (AvgIpc) is 2.79. The van der Waals surface area contributed by atoms with Gasteiger partial charge >= 0.3 is 6.18 Å². The molecule has 1 N–H and O–H groups in total. The molecule has 3 rings (SSSR count). The third kappa shape index (κ3) is 2.71. The predicted molar refractivity (Wildman–Crippen MR) is 73.2 cm³/mol. The van der Waals surface area contributed by atoms with Crippen LogP contribution in [0.1, 0.15) is 49.8 Å². The Morgan fingerprint density at radius 1 is 1.43 bits per heavy atom. The maximum absolute atomic E-state index is 13.3. The number of alkyl halides is 3. The topological polar surface area (TPSA) is 69.0 Å². The Balaban J connectivity index is 1.78. The van der Waals surface area contributed by atoms with E-state index in [0.29, 0.717) is 31.0 Å². The van der Waals surface area contributed by atoms with E-state index in [0.717, 1.165) is 6.42 Å². The van der Waals surface area contributed by atoms with Gasteiger partial charge in [-0.3, -0.25) is 4.79 Å². The van der Waals surface area contributed by atoms with Gasteiger partial charge in [-0.05, 0) is 25.7 Å². The fourth-order valence-corrected chi connectivity index (χ4v) is 3.19. The Hall–Kier alpha value is -1.64. The number of hydrogen-bond donors (Lipinski definition) is 1. The molecule has 23 heavy (non-hydrogen) atoms. The highest BCUT2D eigenvalue weighted by Crippen LogP contribution is 2.53. The zero-order chi connectivity index (χ0) is 16.7. The van der Waals surface area contributed by atoms with E-state index in [1.165, 1.54) is 7.11 Å². The smallest absolute Gasteiger partial charge is 0.377 e. The molecule has 1 aliphatic heterocycles. The Morgan fingerprint density at radius 3 is 2.74 bits per heavy atom. The van der Waals surface area contributed by atoms with Gasteiger partial charge in [0.1, 0.15) is 17.8 Å². The van der Waals surface area contributed by atoms with Gasteiger partial charge in [0.25, 0.3) is 0 Å². The number of aromatic nitrogens is 3. The molecule has 2 heterocycles. The van der Waals surface area contributed by atoms with E-state index >= 15 is 0 Å². The summed E-state index contributed by atoms with van der Waals surface area (Å²) in [5, 5.41) is 6.81. The summed E-state index contributed by atoms with van der Waals surface area (Å²) < 4.78 is 46.4. The second-order valence-electron chi connectivity index (χ2n) is 6.14. The van der Waals surface area contributed by atoms with Crippen molar-refractivity contribution in [1.29, 1.82) is 0 Å². The van der Waals surface area contributed by atoms with Crippen LogP contribution >= 0.6 is 0 Å². The van der Waals surface area contributed by atoms with Crippen molar-refractivity contribution < 1.29 is 22.7 Å². The van der Waals surface area contributed by atoms with Crippen LogP contribution in [0.25, 0.3) is 0 Å². The van der Waals surface area contributed by atoms with Crippen molar-refractivity contribution in [1.82, 2.24) is 20.1 Å². The summed E-state index contributed by atoms with van der Waals surface area (Å²) in [7, 11) is 1.52. The summed E-state index contributed by atoms with van der Waals surface area (Å²) in [6.45, 7) is 0.871. The molecule has 1 saturated carbocycles. The van der Waals surface area contributed by atoms with Gasteiger partial charge in [-0.2, -0.15) is 18.3 Å². The van der Waals surface area contributed by atoms with Crippen molar-refractivity contribution in [2.24, 2.45) is 5.41 Å². The molecule has 0 saturated heterocycles. The van der Waals surface area contributed by atoms with Crippen LogP contribution in [0.15, 0.2) is 0 Å². The molecule has 128 valence electrons. The summed E-state index contributed by atoms with van der Waals surface area (Å²) in [6, 6.07) is -0.533. The number of nitrogens with zero attached hydrogens (tertiary/aromatic N) is 3. The minimum Gasteiger partial charge on any atom is -0.377 e. The standard InChI is InChI=1S/C14H19F3N4O2/c1-23-8-10-19-11-9(4-2-7-21(11)20-10)18-12(22)13(5-3-6-13)14(15,16)17/h9H,2-8H2,1H3,(H,18,22). The van der Waals surface area contributed by atoms with Crippen molar-refractivity contribution in [3.05, 3.63) is 11.6 Å². The molecule has 2 aliphatic rings. The Kier molecular flexibility index (Phi) is 4.07. The van der Waals surface area contributed by atoms with Gasteiger partial charge in [0, 0.05) is 13.7 Å². The third-order valence-corrected chi connectivity index (χ3v) is 4.68. The van der Waals surface area contributed by atoms with Gasteiger partial charge in [-0.25, -0.2) is 9.67 Å². The molecule has 1 atom stereocenters. The number of ether oxygens (including phenoxy) is 1. The summed E-state index contributed by atoms with van der Waals surface area (Å²) in [5.41, 5.74) is -2.23. The van der Waals surface area contributed by atoms with Crippen molar-refractivity contribution in [3.63, 3.8) is 0 Å². The fraction of sp³-hybridized carbons (Fsp3) is 0.786. The highest BCUT2D eigenvalue weighted by atomic mass is 19.4. The monoisotopic (exact) mass is 332 g/mol. The molecule has 0 aromatic carbocycles. The lowest BCUT2D eigenvalue weighted by molar-refractivity contribution is -0.243. The Bertz CT molecular complexity index is 595. The number of rotatable bonds is 4. The molecule has 1 aromatic heterocycles. The van der Waals surface area contributed by atoms with Crippen molar-refractivity contribution in [3.8, 4) is 0 Å². The first kappa shape index (κ1) is 16.2. The molecule has 6 nitrogen and oxygen atoms in total. The maximum Gasteiger partial charge on any atom is 0.403 e. The molecule has 1 amide bonds. The SMILES string of the molecule is COCc1nc2n(n1)CCCC2NC(=O)C1(C(F)(F)F)CCC1. The van der Waals surface area contributed by atoms with Crippen LogP contribution in [0, 0.1) is 5.41 Å². The van der Waals surface area contributed by atoms with Gasteiger partial charge in [-0.1, -0.05) is 6.42 Å². The zero-order valence-electron chi connectivity index (χ0n) is 12.8. The van der Waals surface area contributed by atoms with Crippen molar-refractivity contribution in [2.45, 2.75) is 57.5 Å². The van der Waals surface area contributed by atoms with Crippen LogP contribution in [0.5, 0.6) is 0 Å². The predicted octanol–water partition coefficient (Wildman–Crippen LogP) is 2.11. The van der Waals surface area contributed by atoms with Gasteiger partial charge in [0.15, 0.2) is 5.82 Å². The lowest BCUT2D eigenvalue weighted by Gasteiger charge is -2.42. The second kappa shape index (κ2) is 5.77. The molecule has 0 spiro atoms. The Morgan fingerprint density at radius 2 is 2.17 bits per heavy atom. The highest BCUT2D eigenvalue weighted by Gasteiger charge is 2.63. The number of nitrogens with one attached hydrogen (secondary N) is 1. The zero-order valence-corrected chi connectivity index (χ0v) is 12.8. The average molecular weight is 332 g/mol. The molecular weight excluding hydrogens is 313 g/mol. The van der Waals surface area contributed by atoms with Crippen LogP contribution in [-0.4, -0.2) is 34.0 Å². The van der Waals surface area contributed by atoms with Crippen LogP contribution in [0.2, 0.25) is 0 Å². The van der Waals surface area contributed by atoms with Crippen molar-refractivity contribution >= 4 is 5.91 Å². The first-order valence-corrected chi connectivity index (χ1v) is 7.67. The van der Waals surface area contributed by atoms with Crippen LogP contribution in [-0.2, 0) is 22.7 Å². The number of amides is 1. The van der Waals surface area contributed by atoms with E-state index < -0.39 is 23.5 Å². The van der Waals surface area contributed by atoms with Gasteiger partial charge in [0.2, 0.25) is 5.91 Å². The number of methoxy groups -OCH3 is 1. The molecule has 0 radical (unpaired) electrons. The second-order valence-corrected chi connectivity index (χ2v) is 6.14. The normalized spacial score (nSPS) is 23.0. The van der Waals surface area contributed by atoms with Gasteiger partial charge < -0.3 is 10.1 Å². The first-order chi connectivity index (χ1) is 10.9. The van der Waals surface area contributed by atoms with E-state index in [1.54, 1.807) is 4.68 Å². The molecule has 1 aliphatic carbocycles. The van der Waals surface area contributed by atoms with Gasteiger partial charge in [0.05, 0.1) is 6.04 Å². The lowest BCUT2D eigenvalue weighted by atomic mass is 9.67. The van der Waals surface area contributed by atoms with E-state index in [1.807, 2.05) is 0 Å². The van der Waals surface area contributed by atoms with Gasteiger partial charge in [-0.15, -0.1) is 0 Å². The summed E-state index contributed by atoms with van der Waals surface area (Å²) in [4.78, 5) is 16.6. The lowest BCUT2D eigenvalue weighted by Crippen LogP contribution is -2.55. The minimum atomic E-state index is -4.51. The van der Waals surface area contributed by atoms with E-state index in [9.17, 15) is 18.0 Å². The summed E-state index contributed by atoms with van der Waals surface area (Å²) in [5.74, 6) is 0.0390. The largest absolute Gasteiger partial charge is 0.403 e. The third-order valence-electron chi connectivity index (χ3n) is 4.68. The quantitative estimate of drug-likeness (QED) is 0.917. The number of halogens is 3. The fourth-order valence-electron chi connectivity index (χ4n) is 3.19. The van der Waals surface area contributed by atoms with E-state index in [2.05, 4.69) is 15.4 Å². The number of carbonyl (C=O) groups is 1.